The summed E-state index contributed by atoms with van der Waals surface area (Å²) in [6.45, 7) is 1.61. The number of hydrogen-bond donors (Lipinski definition) is 2. The number of fused-ring (bicyclic) bond motifs is 1. The third-order valence-electron chi connectivity index (χ3n) is 4.58. The second-order valence-electron chi connectivity index (χ2n) is 6.51. The molecule has 25 heavy (non-hydrogen) atoms. The monoisotopic (exact) mass is 339 g/mol. The number of carbonyl (C=O) groups excluding carboxylic acids is 1. The predicted molar refractivity (Wildman–Crippen MR) is 93.8 cm³/mol. The van der Waals surface area contributed by atoms with Gasteiger partial charge in [0.05, 0.1) is 5.54 Å². The van der Waals surface area contributed by atoms with Crippen LogP contribution in [0.2, 0.25) is 0 Å². The summed E-state index contributed by atoms with van der Waals surface area (Å²) in [7, 11) is 0. The summed E-state index contributed by atoms with van der Waals surface area (Å²) < 4.78 is 5.15. The fourth-order valence-corrected chi connectivity index (χ4v) is 3.37. The number of amides is 1. The largest absolute Gasteiger partial charge is 0.482 e. The normalized spacial score (nSPS) is 18.9. The maximum Gasteiger partial charge on any atom is 0.341 e. The first-order valence-electron chi connectivity index (χ1n) is 8.33. The van der Waals surface area contributed by atoms with E-state index in [1.165, 1.54) is 5.56 Å². The van der Waals surface area contributed by atoms with Gasteiger partial charge in [0.1, 0.15) is 5.75 Å². The second kappa shape index (κ2) is 6.97. The van der Waals surface area contributed by atoms with Gasteiger partial charge in [-0.05, 0) is 55.5 Å². The highest BCUT2D eigenvalue weighted by Gasteiger charge is 2.33. The van der Waals surface area contributed by atoms with E-state index in [1.807, 2.05) is 19.1 Å². The summed E-state index contributed by atoms with van der Waals surface area (Å²) in [5.41, 5.74) is 2.47. The molecule has 0 bridgehead atoms. The molecule has 0 aliphatic heterocycles. The molecule has 0 saturated carbocycles. The molecule has 0 radical (unpaired) electrons. The highest BCUT2D eigenvalue weighted by atomic mass is 16.5. The van der Waals surface area contributed by atoms with Crippen molar-refractivity contribution in [3.05, 3.63) is 65.2 Å². The van der Waals surface area contributed by atoms with E-state index in [2.05, 4.69) is 17.4 Å². The van der Waals surface area contributed by atoms with Crippen LogP contribution >= 0.6 is 0 Å². The number of aliphatic carboxylic acids is 1. The van der Waals surface area contributed by atoms with Crippen LogP contribution in [0, 0.1) is 0 Å². The minimum Gasteiger partial charge on any atom is -0.482 e. The number of rotatable bonds is 5. The van der Waals surface area contributed by atoms with Gasteiger partial charge < -0.3 is 15.2 Å². The van der Waals surface area contributed by atoms with E-state index in [4.69, 9.17) is 9.84 Å². The zero-order valence-corrected chi connectivity index (χ0v) is 14.1. The second-order valence-corrected chi connectivity index (χ2v) is 6.51. The smallest absolute Gasteiger partial charge is 0.341 e. The fourth-order valence-electron chi connectivity index (χ4n) is 3.37. The zero-order chi connectivity index (χ0) is 17.9. The first-order chi connectivity index (χ1) is 12.0. The van der Waals surface area contributed by atoms with Gasteiger partial charge >= 0.3 is 5.97 Å². The first kappa shape index (κ1) is 17.0. The lowest BCUT2D eigenvalue weighted by Gasteiger charge is -2.37. The van der Waals surface area contributed by atoms with Gasteiger partial charge in [-0.3, -0.25) is 4.79 Å². The van der Waals surface area contributed by atoms with Gasteiger partial charge in [0, 0.05) is 5.56 Å². The Hall–Kier alpha value is -2.82. The lowest BCUT2D eigenvalue weighted by atomic mass is 9.77. The van der Waals surface area contributed by atoms with Crippen LogP contribution in [0.4, 0.5) is 0 Å². The lowest BCUT2D eigenvalue weighted by Crippen LogP contribution is -2.45. The van der Waals surface area contributed by atoms with Crippen LogP contribution in [0.3, 0.4) is 0 Å². The molecule has 1 amide bonds. The number of carboxylic acid groups (broad SMARTS) is 1. The predicted octanol–water partition coefficient (Wildman–Crippen LogP) is 3.13. The Labute approximate surface area is 146 Å². The van der Waals surface area contributed by atoms with Gasteiger partial charge in [0.25, 0.3) is 5.91 Å². The van der Waals surface area contributed by atoms with Crippen molar-refractivity contribution in [3.63, 3.8) is 0 Å². The van der Waals surface area contributed by atoms with Crippen LogP contribution in [0.15, 0.2) is 48.5 Å². The molecule has 2 N–H and O–H groups in total. The number of aryl methyl sites for hydroxylation is 1. The Morgan fingerprint density at radius 2 is 2.00 bits per heavy atom. The average Bonchev–Trinajstić information content (AvgIpc) is 2.60. The van der Waals surface area contributed by atoms with Crippen molar-refractivity contribution in [1.82, 2.24) is 5.32 Å². The molecule has 1 unspecified atom stereocenters. The molecular formula is C20H21NO4. The van der Waals surface area contributed by atoms with E-state index in [0.717, 1.165) is 24.8 Å². The van der Waals surface area contributed by atoms with Crippen LogP contribution in [0.1, 0.15) is 41.3 Å². The SMILES string of the molecule is CC1(NC(=O)c2cccc(OCC(=O)O)c2)CCCc2ccccc21. The lowest BCUT2D eigenvalue weighted by molar-refractivity contribution is -0.139. The van der Waals surface area contributed by atoms with E-state index in [-0.39, 0.29) is 5.91 Å². The van der Waals surface area contributed by atoms with Crippen molar-refractivity contribution < 1.29 is 19.4 Å². The fraction of sp³-hybridized carbons (Fsp3) is 0.300. The Bertz CT molecular complexity index is 802. The summed E-state index contributed by atoms with van der Waals surface area (Å²) in [5.74, 6) is -0.884. The van der Waals surface area contributed by atoms with Crippen LogP contribution in [0.25, 0.3) is 0 Å². The summed E-state index contributed by atoms with van der Waals surface area (Å²) >= 11 is 0. The Morgan fingerprint density at radius 1 is 1.20 bits per heavy atom. The molecule has 1 aliphatic rings. The van der Waals surface area contributed by atoms with Gasteiger partial charge in [-0.1, -0.05) is 30.3 Å². The number of hydrogen-bond acceptors (Lipinski definition) is 3. The number of ether oxygens (including phenoxy) is 1. The van der Waals surface area contributed by atoms with Crippen molar-refractivity contribution in [3.8, 4) is 5.75 Å². The quantitative estimate of drug-likeness (QED) is 0.877. The van der Waals surface area contributed by atoms with Crippen molar-refractivity contribution in [1.29, 1.82) is 0 Å². The van der Waals surface area contributed by atoms with Crippen LogP contribution in [-0.4, -0.2) is 23.6 Å². The minimum absolute atomic E-state index is 0.194. The molecule has 0 heterocycles. The van der Waals surface area contributed by atoms with E-state index >= 15 is 0 Å². The third kappa shape index (κ3) is 3.82. The number of benzene rings is 2. The maximum absolute atomic E-state index is 12.7. The molecule has 1 aliphatic carbocycles. The molecule has 5 heteroatoms. The molecule has 1 atom stereocenters. The van der Waals surface area contributed by atoms with Gasteiger partial charge in [-0.2, -0.15) is 0 Å². The van der Waals surface area contributed by atoms with Gasteiger partial charge in [-0.15, -0.1) is 0 Å². The summed E-state index contributed by atoms with van der Waals surface area (Å²) in [4.78, 5) is 23.3. The van der Waals surface area contributed by atoms with Crippen molar-refractivity contribution in [2.45, 2.75) is 31.7 Å². The van der Waals surface area contributed by atoms with Gasteiger partial charge in [0.2, 0.25) is 0 Å². The highest BCUT2D eigenvalue weighted by Crippen LogP contribution is 2.35. The van der Waals surface area contributed by atoms with E-state index in [9.17, 15) is 9.59 Å². The van der Waals surface area contributed by atoms with Gasteiger partial charge in [-0.25, -0.2) is 4.79 Å². The zero-order valence-electron chi connectivity index (χ0n) is 14.1. The Kier molecular flexibility index (Phi) is 4.74. The van der Waals surface area contributed by atoms with Gasteiger partial charge in [0.15, 0.2) is 6.61 Å². The molecule has 2 aromatic rings. The Morgan fingerprint density at radius 3 is 2.80 bits per heavy atom. The van der Waals surface area contributed by atoms with Crippen LogP contribution in [0.5, 0.6) is 5.75 Å². The van der Waals surface area contributed by atoms with E-state index in [1.54, 1.807) is 24.3 Å². The molecule has 0 saturated heterocycles. The maximum atomic E-state index is 12.7. The number of carboxylic acids is 1. The van der Waals surface area contributed by atoms with E-state index in [0.29, 0.717) is 11.3 Å². The summed E-state index contributed by atoms with van der Waals surface area (Å²) in [6, 6.07) is 14.8. The summed E-state index contributed by atoms with van der Waals surface area (Å²) in [6.07, 6.45) is 2.93. The van der Waals surface area contributed by atoms with Crippen molar-refractivity contribution in [2.75, 3.05) is 6.61 Å². The van der Waals surface area contributed by atoms with Crippen LogP contribution in [-0.2, 0) is 16.8 Å². The number of nitrogens with one attached hydrogen (secondary N) is 1. The standard InChI is InChI=1S/C20H21NO4/c1-20(11-5-8-14-6-2-3-10-17(14)20)21-19(24)15-7-4-9-16(12-15)25-13-18(22)23/h2-4,6-7,9-10,12H,5,8,11,13H2,1H3,(H,21,24)(H,22,23). The van der Waals surface area contributed by atoms with Crippen LogP contribution < -0.4 is 10.1 Å². The first-order valence-corrected chi connectivity index (χ1v) is 8.33. The topological polar surface area (TPSA) is 75.6 Å². The molecule has 5 nitrogen and oxygen atoms in total. The molecule has 0 aromatic heterocycles. The van der Waals surface area contributed by atoms with E-state index < -0.39 is 18.1 Å². The molecule has 0 fully saturated rings. The molecule has 2 aromatic carbocycles. The summed E-state index contributed by atoms with van der Waals surface area (Å²) in [5, 5.41) is 11.8. The molecule has 0 spiro atoms. The minimum atomic E-state index is -1.05. The van der Waals surface area contributed by atoms with Crippen molar-refractivity contribution >= 4 is 11.9 Å². The average molecular weight is 339 g/mol. The molecule has 3 rings (SSSR count). The Balaban J connectivity index is 1.79. The number of carbonyl (C=O) groups is 2. The molecular weight excluding hydrogens is 318 g/mol. The third-order valence-corrected chi connectivity index (χ3v) is 4.58. The molecule has 130 valence electrons. The van der Waals surface area contributed by atoms with Crippen molar-refractivity contribution in [2.24, 2.45) is 0 Å². The highest BCUT2D eigenvalue weighted by molar-refractivity contribution is 5.95.